The number of hydrogen-bond acceptors (Lipinski definition) is 2. The standard InChI is InChI=1S/C11H9F2NO/c12-9-3-10(13)5-11(4-9)14-6-8-1-2-15-7-8/h1-5,7,14H,6H2. The fourth-order valence-corrected chi connectivity index (χ4v) is 1.25. The predicted octanol–water partition coefficient (Wildman–Crippen LogP) is 3.17. The summed E-state index contributed by atoms with van der Waals surface area (Å²) in [5, 5.41) is 2.89. The molecule has 0 saturated carbocycles. The average molecular weight is 209 g/mol. The van der Waals surface area contributed by atoms with Crippen molar-refractivity contribution in [2.75, 3.05) is 5.32 Å². The maximum atomic E-state index is 12.8. The first-order valence-electron chi connectivity index (χ1n) is 4.45. The van der Waals surface area contributed by atoms with E-state index in [1.54, 1.807) is 18.6 Å². The van der Waals surface area contributed by atoms with Crippen molar-refractivity contribution in [1.29, 1.82) is 0 Å². The average Bonchev–Trinajstić information content (AvgIpc) is 2.65. The Bertz CT molecular complexity index is 420. The van der Waals surface area contributed by atoms with Crippen LogP contribution in [0, 0.1) is 11.6 Å². The van der Waals surface area contributed by atoms with Gasteiger partial charge in [-0.3, -0.25) is 0 Å². The zero-order valence-corrected chi connectivity index (χ0v) is 7.84. The van der Waals surface area contributed by atoms with Gasteiger partial charge in [-0.15, -0.1) is 0 Å². The Balaban J connectivity index is 2.05. The predicted molar refractivity (Wildman–Crippen MR) is 52.4 cm³/mol. The van der Waals surface area contributed by atoms with Crippen molar-refractivity contribution < 1.29 is 13.2 Å². The molecule has 1 aromatic heterocycles. The summed E-state index contributed by atoms with van der Waals surface area (Å²) in [7, 11) is 0. The van der Waals surface area contributed by atoms with Crippen LogP contribution in [0.25, 0.3) is 0 Å². The second kappa shape index (κ2) is 4.13. The number of hydrogen-bond donors (Lipinski definition) is 1. The second-order valence-corrected chi connectivity index (χ2v) is 3.14. The summed E-state index contributed by atoms with van der Waals surface area (Å²) in [5.41, 5.74) is 1.33. The van der Waals surface area contributed by atoms with E-state index < -0.39 is 11.6 Å². The van der Waals surface area contributed by atoms with Gasteiger partial charge in [-0.2, -0.15) is 0 Å². The fraction of sp³-hybridized carbons (Fsp3) is 0.0909. The Labute approximate surface area is 85.5 Å². The third kappa shape index (κ3) is 2.56. The van der Waals surface area contributed by atoms with E-state index in [0.717, 1.165) is 11.6 Å². The van der Waals surface area contributed by atoms with E-state index in [-0.39, 0.29) is 0 Å². The second-order valence-electron chi connectivity index (χ2n) is 3.14. The van der Waals surface area contributed by atoms with Crippen molar-refractivity contribution in [2.24, 2.45) is 0 Å². The van der Waals surface area contributed by atoms with E-state index in [1.807, 2.05) is 0 Å². The highest BCUT2D eigenvalue weighted by Crippen LogP contribution is 2.14. The van der Waals surface area contributed by atoms with E-state index in [9.17, 15) is 8.78 Å². The molecule has 0 bridgehead atoms. The Hall–Kier alpha value is -1.84. The molecule has 0 aliphatic rings. The summed E-state index contributed by atoms with van der Waals surface area (Å²) in [6.45, 7) is 0.472. The molecule has 2 aromatic rings. The van der Waals surface area contributed by atoms with Crippen LogP contribution in [0.4, 0.5) is 14.5 Å². The lowest BCUT2D eigenvalue weighted by Crippen LogP contribution is -1.98. The summed E-state index contributed by atoms with van der Waals surface area (Å²) >= 11 is 0. The van der Waals surface area contributed by atoms with Gasteiger partial charge in [0.2, 0.25) is 0 Å². The van der Waals surface area contributed by atoms with Crippen molar-refractivity contribution in [3.63, 3.8) is 0 Å². The SMILES string of the molecule is Fc1cc(F)cc(NCc2ccoc2)c1. The molecule has 0 amide bonds. The Kier molecular flexibility index (Phi) is 2.67. The third-order valence-corrected chi connectivity index (χ3v) is 1.94. The molecular weight excluding hydrogens is 200 g/mol. The van der Waals surface area contributed by atoms with E-state index in [4.69, 9.17) is 4.42 Å². The van der Waals surface area contributed by atoms with Crippen molar-refractivity contribution in [2.45, 2.75) is 6.54 Å². The van der Waals surface area contributed by atoms with Crippen LogP contribution >= 0.6 is 0 Å². The van der Waals surface area contributed by atoms with Crippen LogP contribution < -0.4 is 5.32 Å². The van der Waals surface area contributed by atoms with Crippen LogP contribution in [0.15, 0.2) is 41.2 Å². The van der Waals surface area contributed by atoms with Gasteiger partial charge in [-0.05, 0) is 18.2 Å². The molecule has 1 heterocycles. The van der Waals surface area contributed by atoms with Crippen LogP contribution in [0.2, 0.25) is 0 Å². The normalized spacial score (nSPS) is 10.3. The molecular formula is C11H9F2NO. The van der Waals surface area contributed by atoms with Crippen LogP contribution in [0.3, 0.4) is 0 Å². The maximum absolute atomic E-state index is 12.8. The lowest BCUT2D eigenvalue weighted by atomic mass is 10.2. The first kappa shape index (κ1) is 9.71. The van der Waals surface area contributed by atoms with Gasteiger partial charge in [-0.25, -0.2) is 8.78 Å². The van der Waals surface area contributed by atoms with Crippen LogP contribution in [-0.4, -0.2) is 0 Å². The molecule has 15 heavy (non-hydrogen) atoms. The summed E-state index contributed by atoms with van der Waals surface area (Å²) in [5.74, 6) is -1.19. The number of rotatable bonds is 3. The van der Waals surface area contributed by atoms with Gasteiger partial charge in [0.25, 0.3) is 0 Å². The highest BCUT2D eigenvalue weighted by atomic mass is 19.1. The van der Waals surface area contributed by atoms with Gasteiger partial charge in [-0.1, -0.05) is 0 Å². The van der Waals surface area contributed by atoms with E-state index >= 15 is 0 Å². The van der Waals surface area contributed by atoms with Crippen molar-refractivity contribution in [3.05, 3.63) is 54.0 Å². The summed E-state index contributed by atoms with van der Waals surface area (Å²) in [4.78, 5) is 0. The van der Waals surface area contributed by atoms with Gasteiger partial charge in [0.15, 0.2) is 0 Å². The minimum Gasteiger partial charge on any atom is -0.472 e. The minimum absolute atomic E-state index is 0.411. The number of nitrogens with one attached hydrogen (secondary N) is 1. The smallest absolute Gasteiger partial charge is 0.128 e. The molecule has 0 aliphatic heterocycles. The number of anilines is 1. The van der Waals surface area contributed by atoms with E-state index in [1.165, 1.54) is 12.1 Å². The van der Waals surface area contributed by atoms with Crippen molar-refractivity contribution >= 4 is 5.69 Å². The molecule has 1 aromatic carbocycles. The van der Waals surface area contributed by atoms with Crippen LogP contribution in [-0.2, 0) is 6.54 Å². The Morgan fingerprint density at radius 3 is 2.47 bits per heavy atom. The lowest BCUT2D eigenvalue weighted by Gasteiger charge is -2.04. The monoisotopic (exact) mass is 209 g/mol. The summed E-state index contributed by atoms with van der Waals surface area (Å²) in [6.07, 6.45) is 3.12. The molecule has 2 nitrogen and oxygen atoms in total. The molecule has 78 valence electrons. The number of benzene rings is 1. The molecule has 4 heteroatoms. The zero-order chi connectivity index (χ0) is 10.7. The highest BCUT2D eigenvalue weighted by molar-refractivity contribution is 5.44. The van der Waals surface area contributed by atoms with Crippen LogP contribution in [0.5, 0.6) is 0 Å². The fourth-order valence-electron chi connectivity index (χ4n) is 1.25. The maximum Gasteiger partial charge on any atom is 0.128 e. The van der Waals surface area contributed by atoms with E-state index in [0.29, 0.717) is 12.2 Å². The molecule has 0 fully saturated rings. The first-order chi connectivity index (χ1) is 7.24. The first-order valence-corrected chi connectivity index (χ1v) is 4.45. The molecule has 0 saturated heterocycles. The van der Waals surface area contributed by atoms with Gasteiger partial charge in [0, 0.05) is 23.9 Å². The van der Waals surface area contributed by atoms with Gasteiger partial charge >= 0.3 is 0 Å². The van der Waals surface area contributed by atoms with Gasteiger partial charge in [0.05, 0.1) is 12.5 Å². The Morgan fingerprint density at radius 1 is 1.13 bits per heavy atom. The van der Waals surface area contributed by atoms with Crippen LogP contribution in [0.1, 0.15) is 5.56 Å². The number of halogens is 2. The third-order valence-electron chi connectivity index (χ3n) is 1.94. The molecule has 0 spiro atoms. The minimum atomic E-state index is -0.593. The van der Waals surface area contributed by atoms with Crippen molar-refractivity contribution in [3.8, 4) is 0 Å². The molecule has 1 N–H and O–H groups in total. The largest absolute Gasteiger partial charge is 0.472 e. The topological polar surface area (TPSA) is 25.2 Å². The van der Waals surface area contributed by atoms with Crippen molar-refractivity contribution in [1.82, 2.24) is 0 Å². The molecule has 0 radical (unpaired) electrons. The van der Waals surface area contributed by atoms with Gasteiger partial charge in [0.1, 0.15) is 11.6 Å². The molecule has 0 aliphatic carbocycles. The molecule has 0 unspecified atom stereocenters. The Morgan fingerprint density at radius 2 is 1.87 bits per heavy atom. The summed E-state index contributed by atoms with van der Waals surface area (Å²) < 4.78 is 30.5. The number of furan rings is 1. The highest BCUT2D eigenvalue weighted by Gasteiger charge is 2.00. The van der Waals surface area contributed by atoms with Gasteiger partial charge < -0.3 is 9.73 Å². The quantitative estimate of drug-likeness (QED) is 0.839. The van der Waals surface area contributed by atoms with E-state index in [2.05, 4.69) is 5.32 Å². The summed E-state index contributed by atoms with van der Waals surface area (Å²) in [6, 6.07) is 5.10. The lowest BCUT2D eigenvalue weighted by molar-refractivity contribution is 0.564. The molecule has 0 atom stereocenters. The molecule has 2 rings (SSSR count). The zero-order valence-electron chi connectivity index (χ0n) is 7.84.